The van der Waals surface area contributed by atoms with Crippen LogP contribution in [0.15, 0.2) is 33.3 Å². The van der Waals surface area contributed by atoms with E-state index in [9.17, 15) is 0 Å². The second-order valence-electron chi connectivity index (χ2n) is 3.07. The van der Waals surface area contributed by atoms with Crippen molar-refractivity contribution in [2.75, 3.05) is 0 Å². The molecule has 0 unspecified atom stereocenters. The van der Waals surface area contributed by atoms with Crippen LogP contribution in [0.5, 0.6) is 0 Å². The van der Waals surface area contributed by atoms with Gasteiger partial charge in [0.25, 0.3) is 5.89 Å². The molecule has 15 heavy (non-hydrogen) atoms. The van der Waals surface area contributed by atoms with Crippen LogP contribution in [-0.4, -0.2) is 15.2 Å². The fourth-order valence-electron chi connectivity index (χ4n) is 1.21. The summed E-state index contributed by atoms with van der Waals surface area (Å²) in [4.78, 5) is 4.01. The molecule has 0 saturated heterocycles. The number of rotatable bonds is 3. The topological polar surface area (TPSA) is 59.2 Å². The van der Waals surface area contributed by atoms with Crippen LogP contribution >= 0.6 is 15.9 Å². The summed E-state index contributed by atoms with van der Waals surface area (Å²) in [5, 5.41) is 12.5. The van der Waals surface area contributed by atoms with E-state index in [1.165, 1.54) is 0 Å². The molecule has 0 saturated carbocycles. The molecule has 1 heterocycles. The van der Waals surface area contributed by atoms with Gasteiger partial charge in [0.15, 0.2) is 5.82 Å². The van der Waals surface area contributed by atoms with Gasteiger partial charge in [-0.1, -0.05) is 33.2 Å². The van der Waals surface area contributed by atoms with Gasteiger partial charge in [-0.3, -0.25) is 0 Å². The first kappa shape index (κ1) is 10.3. The van der Waals surface area contributed by atoms with Crippen LogP contribution in [0.3, 0.4) is 0 Å². The molecule has 0 amide bonds. The molecule has 0 aliphatic carbocycles. The smallest absolute Gasteiger partial charge is 0.252 e. The summed E-state index contributed by atoms with van der Waals surface area (Å²) in [7, 11) is 0. The summed E-state index contributed by atoms with van der Waals surface area (Å²) in [5.74, 6) is 0.837. The predicted octanol–water partition coefficient (Wildman–Crippen LogP) is 1.92. The van der Waals surface area contributed by atoms with Crippen LogP contribution < -0.4 is 0 Å². The highest BCUT2D eigenvalue weighted by atomic mass is 79.9. The number of hydrogen-bond acceptors (Lipinski definition) is 4. The van der Waals surface area contributed by atoms with Crippen molar-refractivity contribution in [2.45, 2.75) is 13.0 Å². The third-order valence-electron chi connectivity index (χ3n) is 1.92. The molecule has 0 fully saturated rings. The van der Waals surface area contributed by atoms with Crippen LogP contribution in [0, 0.1) is 0 Å². The zero-order valence-corrected chi connectivity index (χ0v) is 9.44. The maximum Gasteiger partial charge on any atom is 0.252 e. The highest BCUT2D eigenvalue weighted by Crippen LogP contribution is 2.12. The van der Waals surface area contributed by atoms with E-state index in [0.29, 0.717) is 12.2 Å². The molecule has 5 heteroatoms. The van der Waals surface area contributed by atoms with Gasteiger partial charge in [0.05, 0.1) is 0 Å². The number of benzene rings is 1. The Kier molecular flexibility index (Phi) is 3.13. The Balaban J connectivity index is 2.11. The van der Waals surface area contributed by atoms with Gasteiger partial charge in [-0.05, 0) is 17.7 Å². The molecule has 0 atom stereocenters. The molecule has 1 N–H and O–H groups in total. The lowest BCUT2D eigenvalue weighted by Crippen LogP contribution is -1.91. The molecule has 0 radical (unpaired) electrons. The standard InChI is InChI=1S/C10H9BrN2O2/c11-8-3-1-7(2-4-8)5-9-12-10(6-14)15-13-9/h1-4,14H,5-6H2. The van der Waals surface area contributed by atoms with E-state index in [2.05, 4.69) is 26.1 Å². The fourth-order valence-corrected chi connectivity index (χ4v) is 1.48. The van der Waals surface area contributed by atoms with Crippen molar-refractivity contribution < 1.29 is 9.63 Å². The molecular formula is C10H9BrN2O2. The maximum atomic E-state index is 8.75. The minimum atomic E-state index is -0.215. The minimum Gasteiger partial charge on any atom is -0.387 e. The van der Waals surface area contributed by atoms with Gasteiger partial charge in [0, 0.05) is 10.9 Å². The SMILES string of the molecule is OCc1nc(Cc2ccc(Br)cc2)no1. The van der Waals surface area contributed by atoms with E-state index in [0.717, 1.165) is 10.0 Å². The summed E-state index contributed by atoms with van der Waals surface area (Å²) in [5.41, 5.74) is 1.10. The van der Waals surface area contributed by atoms with E-state index in [-0.39, 0.29) is 12.5 Å². The Morgan fingerprint density at radius 1 is 1.27 bits per heavy atom. The van der Waals surface area contributed by atoms with Crippen LogP contribution in [0.25, 0.3) is 0 Å². The van der Waals surface area contributed by atoms with Crippen molar-refractivity contribution in [3.63, 3.8) is 0 Å². The first-order valence-corrected chi connectivity index (χ1v) is 5.24. The zero-order chi connectivity index (χ0) is 10.7. The molecule has 0 aliphatic rings. The van der Waals surface area contributed by atoms with Crippen LogP contribution in [-0.2, 0) is 13.0 Å². The lowest BCUT2D eigenvalue weighted by Gasteiger charge is -1.96. The number of aromatic nitrogens is 2. The quantitative estimate of drug-likeness (QED) is 0.924. The van der Waals surface area contributed by atoms with Gasteiger partial charge >= 0.3 is 0 Å². The van der Waals surface area contributed by atoms with E-state index in [4.69, 9.17) is 9.63 Å². The van der Waals surface area contributed by atoms with Crippen molar-refractivity contribution in [3.05, 3.63) is 46.0 Å². The first-order valence-electron chi connectivity index (χ1n) is 4.44. The monoisotopic (exact) mass is 268 g/mol. The summed E-state index contributed by atoms with van der Waals surface area (Å²) in [6.07, 6.45) is 0.608. The van der Waals surface area contributed by atoms with Crippen LogP contribution in [0.4, 0.5) is 0 Å². The predicted molar refractivity (Wildman–Crippen MR) is 57.2 cm³/mol. The van der Waals surface area contributed by atoms with E-state index in [1.54, 1.807) is 0 Å². The lowest BCUT2D eigenvalue weighted by atomic mass is 10.1. The van der Waals surface area contributed by atoms with Crippen molar-refractivity contribution in [1.29, 1.82) is 0 Å². The number of aliphatic hydroxyl groups excluding tert-OH is 1. The van der Waals surface area contributed by atoms with Gasteiger partial charge < -0.3 is 9.63 Å². The van der Waals surface area contributed by atoms with E-state index in [1.807, 2.05) is 24.3 Å². The molecule has 0 spiro atoms. The summed E-state index contributed by atoms with van der Waals surface area (Å²) >= 11 is 3.36. The number of nitrogens with zero attached hydrogens (tertiary/aromatic N) is 2. The Hall–Kier alpha value is -1.20. The average Bonchev–Trinajstić information content (AvgIpc) is 2.69. The highest BCUT2D eigenvalue weighted by molar-refractivity contribution is 9.10. The number of aliphatic hydroxyl groups is 1. The minimum absolute atomic E-state index is 0.215. The van der Waals surface area contributed by atoms with E-state index >= 15 is 0 Å². The van der Waals surface area contributed by atoms with Crippen LogP contribution in [0.2, 0.25) is 0 Å². The normalized spacial score (nSPS) is 10.5. The van der Waals surface area contributed by atoms with E-state index < -0.39 is 0 Å². The second kappa shape index (κ2) is 4.55. The highest BCUT2D eigenvalue weighted by Gasteiger charge is 2.05. The molecule has 1 aromatic heterocycles. The Bertz CT molecular complexity index is 439. The number of hydrogen-bond donors (Lipinski definition) is 1. The van der Waals surface area contributed by atoms with Crippen molar-refractivity contribution >= 4 is 15.9 Å². The second-order valence-corrected chi connectivity index (χ2v) is 3.98. The molecule has 2 aromatic rings. The first-order chi connectivity index (χ1) is 7.28. The third kappa shape index (κ3) is 2.64. The van der Waals surface area contributed by atoms with Gasteiger partial charge in [-0.25, -0.2) is 0 Å². The molecule has 4 nitrogen and oxygen atoms in total. The fraction of sp³-hybridized carbons (Fsp3) is 0.200. The van der Waals surface area contributed by atoms with Gasteiger partial charge in [-0.15, -0.1) is 0 Å². The molecule has 0 bridgehead atoms. The largest absolute Gasteiger partial charge is 0.387 e. The third-order valence-corrected chi connectivity index (χ3v) is 2.45. The molecule has 78 valence electrons. The van der Waals surface area contributed by atoms with Gasteiger partial charge in [0.1, 0.15) is 6.61 Å². The molecular weight excluding hydrogens is 260 g/mol. The lowest BCUT2D eigenvalue weighted by molar-refractivity contribution is 0.222. The zero-order valence-electron chi connectivity index (χ0n) is 7.85. The molecule has 1 aromatic carbocycles. The summed E-state index contributed by atoms with van der Waals surface area (Å²) in [6, 6.07) is 7.89. The van der Waals surface area contributed by atoms with Gasteiger partial charge in [0.2, 0.25) is 0 Å². The van der Waals surface area contributed by atoms with Crippen molar-refractivity contribution in [1.82, 2.24) is 10.1 Å². The number of halogens is 1. The van der Waals surface area contributed by atoms with Crippen LogP contribution in [0.1, 0.15) is 17.3 Å². The van der Waals surface area contributed by atoms with Crippen molar-refractivity contribution in [3.8, 4) is 0 Å². The average molecular weight is 269 g/mol. The molecule has 0 aliphatic heterocycles. The summed E-state index contributed by atoms with van der Waals surface area (Å²) in [6.45, 7) is -0.215. The summed E-state index contributed by atoms with van der Waals surface area (Å²) < 4.78 is 5.83. The Morgan fingerprint density at radius 2 is 2.00 bits per heavy atom. The van der Waals surface area contributed by atoms with Crippen molar-refractivity contribution in [2.24, 2.45) is 0 Å². The Labute approximate surface area is 95.1 Å². The van der Waals surface area contributed by atoms with Gasteiger partial charge in [-0.2, -0.15) is 4.98 Å². The molecule has 2 rings (SSSR count). The Morgan fingerprint density at radius 3 is 2.60 bits per heavy atom. The maximum absolute atomic E-state index is 8.75.